The summed E-state index contributed by atoms with van der Waals surface area (Å²) in [6.07, 6.45) is 1.28. The van der Waals surface area contributed by atoms with Crippen LogP contribution in [0.3, 0.4) is 0 Å². The Morgan fingerprint density at radius 3 is 2.36 bits per heavy atom. The molecule has 0 amide bonds. The number of non-ortho nitro benzene ring substituents is 2. The number of para-hydroxylation sites is 2. The molecule has 0 atom stereocenters. The van der Waals surface area contributed by atoms with Crippen molar-refractivity contribution in [3.8, 4) is 17.3 Å². The molecule has 6 aromatic rings. The summed E-state index contributed by atoms with van der Waals surface area (Å²) in [6.45, 7) is 0.0261. The summed E-state index contributed by atoms with van der Waals surface area (Å²) in [7, 11) is 0. The van der Waals surface area contributed by atoms with Crippen molar-refractivity contribution >= 4 is 39.5 Å². The predicted molar refractivity (Wildman–Crippen MR) is 155 cm³/mol. The van der Waals surface area contributed by atoms with Crippen LogP contribution in [0.5, 0.6) is 5.75 Å². The number of hydrogen-bond donors (Lipinski definition) is 0. The van der Waals surface area contributed by atoms with E-state index in [0.717, 1.165) is 10.1 Å². The number of ether oxygens (including phenoxy) is 1. The van der Waals surface area contributed by atoms with E-state index in [1.165, 1.54) is 36.5 Å². The van der Waals surface area contributed by atoms with Crippen molar-refractivity contribution in [3.63, 3.8) is 0 Å². The second kappa shape index (κ2) is 10.8. The number of aromatic nitrogens is 2. The number of rotatable bonds is 8. The SMILES string of the molecule is O=c1c2ccccc2nc(-c2cc3ccccc3o2)n1N=Cc1cc([N+](=O)[O-])ccc1OCc1ccc([N+](=O)[O-])cc1. The van der Waals surface area contributed by atoms with E-state index in [9.17, 15) is 25.0 Å². The van der Waals surface area contributed by atoms with Gasteiger partial charge in [0.15, 0.2) is 5.76 Å². The van der Waals surface area contributed by atoms with E-state index in [0.29, 0.717) is 27.8 Å². The molecule has 4 aromatic carbocycles. The minimum absolute atomic E-state index is 0.0261. The number of nitro benzene ring substituents is 2. The molecule has 0 saturated heterocycles. The van der Waals surface area contributed by atoms with Crippen LogP contribution in [-0.4, -0.2) is 25.7 Å². The Hall–Kier alpha value is -6.17. The van der Waals surface area contributed by atoms with Crippen molar-refractivity contribution in [1.29, 1.82) is 0 Å². The van der Waals surface area contributed by atoms with Crippen LogP contribution in [0.2, 0.25) is 0 Å². The maximum Gasteiger partial charge on any atom is 0.282 e. The molecule has 0 aliphatic heterocycles. The minimum Gasteiger partial charge on any atom is -0.488 e. The first-order chi connectivity index (χ1) is 20.4. The Morgan fingerprint density at radius 2 is 1.60 bits per heavy atom. The van der Waals surface area contributed by atoms with Gasteiger partial charge in [-0.3, -0.25) is 25.0 Å². The molecule has 0 bridgehead atoms. The van der Waals surface area contributed by atoms with Gasteiger partial charge in [0.1, 0.15) is 17.9 Å². The monoisotopic (exact) mass is 561 g/mol. The van der Waals surface area contributed by atoms with Gasteiger partial charge in [0.25, 0.3) is 16.9 Å². The summed E-state index contributed by atoms with van der Waals surface area (Å²) in [5.41, 5.74) is 1.19. The largest absolute Gasteiger partial charge is 0.488 e. The van der Waals surface area contributed by atoms with Crippen molar-refractivity contribution in [2.45, 2.75) is 6.61 Å². The van der Waals surface area contributed by atoms with Gasteiger partial charge in [-0.25, -0.2) is 4.98 Å². The first kappa shape index (κ1) is 26.1. The molecule has 0 aliphatic carbocycles. The van der Waals surface area contributed by atoms with E-state index in [1.807, 2.05) is 18.2 Å². The molecule has 12 nitrogen and oxygen atoms in total. The molecular weight excluding hydrogens is 542 g/mol. The number of benzene rings is 4. The van der Waals surface area contributed by atoms with Crippen molar-refractivity contribution in [1.82, 2.24) is 9.66 Å². The third-order valence-corrected chi connectivity index (χ3v) is 6.46. The van der Waals surface area contributed by atoms with E-state index in [4.69, 9.17) is 9.15 Å². The number of fused-ring (bicyclic) bond motifs is 2. The maximum atomic E-state index is 13.6. The second-order valence-corrected chi connectivity index (χ2v) is 9.15. The predicted octanol–water partition coefficient (Wildman–Crippen LogP) is 6.09. The van der Waals surface area contributed by atoms with E-state index in [1.54, 1.807) is 48.5 Å². The Morgan fingerprint density at radius 1 is 0.881 bits per heavy atom. The molecule has 2 heterocycles. The van der Waals surface area contributed by atoms with Crippen molar-refractivity contribution in [3.05, 3.63) is 139 Å². The normalized spacial score (nSPS) is 11.3. The first-order valence-corrected chi connectivity index (χ1v) is 12.6. The smallest absolute Gasteiger partial charge is 0.282 e. The van der Waals surface area contributed by atoms with E-state index in [2.05, 4.69) is 10.1 Å². The fraction of sp³-hybridized carbons (Fsp3) is 0.0333. The molecule has 0 spiro atoms. The highest BCUT2D eigenvalue weighted by molar-refractivity contribution is 5.86. The molecule has 0 fully saturated rings. The van der Waals surface area contributed by atoms with Gasteiger partial charge in [0, 0.05) is 35.2 Å². The molecule has 206 valence electrons. The lowest BCUT2D eigenvalue weighted by atomic mass is 10.2. The molecule has 0 saturated carbocycles. The zero-order chi connectivity index (χ0) is 29.2. The van der Waals surface area contributed by atoms with Crippen molar-refractivity contribution < 1.29 is 19.0 Å². The van der Waals surface area contributed by atoms with Crippen molar-refractivity contribution in [2.75, 3.05) is 0 Å². The summed E-state index contributed by atoms with van der Waals surface area (Å²) in [5.74, 6) is 0.699. The van der Waals surface area contributed by atoms with Crippen molar-refractivity contribution in [2.24, 2.45) is 5.10 Å². The van der Waals surface area contributed by atoms with Crippen LogP contribution in [0.1, 0.15) is 11.1 Å². The molecule has 0 aliphatic rings. The lowest BCUT2D eigenvalue weighted by Crippen LogP contribution is -2.20. The zero-order valence-corrected chi connectivity index (χ0v) is 21.6. The fourth-order valence-electron chi connectivity index (χ4n) is 4.36. The highest BCUT2D eigenvalue weighted by Crippen LogP contribution is 2.28. The van der Waals surface area contributed by atoms with Gasteiger partial charge in [-0.15, -0.1) is 0 Å². The molecule has 12 heteroatoms. The quantitative estimate of drug-likeness (QED) is 0.123. The first-order valence-electron chi connectivity index (χ1n) is 12.6. The lowest BCUT2D eigenvalue weighted by molar-refractivity contribution is -0.385. The van der Waals surface area contributed by atoms with E-state index >= 15 is 0 Å². The number of hydrogen-bond acceptors (Lipinski definition) is 9. The molecule has 6 rings (SSSR count). The Balaban J connectivity index is 1.42. The summed E-state index contributed by atoms with van der Waals surface area (Å²) in [4.78, 5) is 39.6. The topological polar surface area (TPSA) is 156 Å². The zero-order valence-electron chi connectivity index (χ0n) is 21.6. The van der Waals surface area contributed by atoms with Gasteiger partial charge in [-0.05, 0) is 48.0 Å². The summed E-state index contributed by atoms with van der Waals surface area (Å²) < 4.78 is 13.0. The van der Waals surface area contributed by atoms with Crippen LogP contribution < -0.4 is 10.3 Å². The number of nitrogens with zero attached hydrogens (tertiary/aromatic N) is 5. The average molecular weight is 562 g/mol. The third kappa shape index (κ3) is 5.07. The Bertz CT molecular complexity index is 2050. The van der Waals surface area contributed by atoms with Gasteiger partial charge < -0.3 is 9.15 Å². The number of nitro groups is 2. The van der Waals surface area contributed by atoms with Gasteiger partial charge in [-0.2, -0.15) is 9.78 Å². The third-order valence-electron chi connectivity index (χ3n) is 6.46. The van der Waals surface area contributed by atoms with Gasteiger partial charge in [-0.1, -0.05) is 30.3 Å². The molecule has 2 aromatic heterocycles. The fourth-order valence-corrected chi connectivity index (χ4v) is 4.36. The summed E-state index contributed by atoms with van der Waals surface area (Å²) >= 11 is 0. The molecule has 0 unspecified atom stereocenters. The Labute approximate surface area is 236 Å². The van der Waals surface area contributed by atoms with Crippen LogP contribution >= 0.6 is 0 Å². The summed E-state index contributed by atoms with van der Waals surface area (Å²) in [5, 5.41) is 28.0. The lowest BCUT2D eigenvalue weighted by Gasteiger charge is -2.10. The Kier molecular flexibility index (Phi) is 6.69. The van der Waals surface area contributed by atoms with Crippen LogP contribution in [0.25, 0.3) is 33.5 Å². The van der Waals surface area contributed by atoms with Gasteiger partial charge in [0.05, 0.1) is 27.0 Å². The van der Waals surface area contributed by atoms with Crippen LogP contribution in [0, 0.1) is 20.2 Å². The average Bonchev–Trinajstić information content (AvgIpc) is 3.44. The standard InChI is InChI=1S/C30H19N5O7/c36-30-24-6-2-3-7-25(24)32-29(28-16-20-5-1-4-8-27(20)42-28)33(30)31-17-21-15-23(35(39)40)13-14-26(21)41-18-19-9-11-22(12-10-19)34(37)38/h1-17H,18H2. The van der Waals surface area contributed by atoms with Crippen LogP contribution in [0.15, 0.2) is 111 Å². The van der Waals surface area contributed by atoms with Crippen LogP contribution in [-0.2, 0) is 6.61 Å². The highest BCUT2D eigenvalue weighted by atomic mass is 16.6. The second-order valence-electron chi connectivity index (χ2n) is 9.15. The summed E-state index contributed by atoms with van der Waals surface area (Å²) in [6, 6.07) is 25.7. The molecule has 0 N–H and O–H groups in total. The van der Waals surface area contributed by atoms with Gasteiger partial charge >= 0.3 is 0 Å². The van der Waals surface area contributed by atoms with Crippen LogP contribution in [0.4, 0.5) is 11.4 Å². The highest BCUT2D eigenvalue weighted by Gasteiger charge is 2.17. The maximum absolute atomic E-state index is 13.6. The van der Waals surface area contributed by atoms with E-state index in [-0.39, 0.29) is 35.1 Å². The minimum atomic E-state index is -0.555. The van der Waals surface area contributed by atoms with Gasteiger partial charge in [0.2, 0.25) is 5.82 Å². The molecule has 42 heavy (non-hydrogen) atoms. The molecular formula is C30H19N5O7. The van der Waals surface area contributed by atoms with E-state index < -0.39 is 15.4 Å². The number of furan rings is 1. The molecule has 0 radical (unpaired) electrons.